The van der Waals surface area contributed by atoms with Gasteiger partial charge in [-0.05, 0) is 49.6 Å². The van der Waals surface area contributed by atoms with Crippen molar-refractivity contribution in [3.63, 3.8) is 0 Å². The summed E-state index contributed by atoms with van der Waals surface area (Å²) in [7, 11) is -7.32. The van der Waals surface area contributed by atoms with Crippen molar-refractivity contribution in [2.24, 2.45) is 0 Å². The Balaban J connectivity index is 1.79. The summed E-state index contributed by atoms with van der Waals surface area (Å²) < 4.78 is 52.4. The molecule has 0 spiro atoms. The van der Waals surface area contributed by atoms with Crippen LogP contribution in [0.3, 0.4) is 0 Å². The smallest absolute Gasteiger partial charge is 0.245 e. The highest BCUT2D eigenvalue weighted by molar-refractivity contribution is 7.92. The molecule has 2 aromatic carbocycles. The van der Waals surface area contributed by atoms with E-state index in [9.17, 15) is 21.6 Å². The number of para-hydroxylation sites is 1. The number of aryl methyl sites for hydroxylation is 1. The van der Waals surface area contributed by atoms with E-state index >= 15 is 0 Å². The fraction of sp³-hybridized carbons (Fsp3) is 0.350. The molecule has 0 aliphatic carbocycles. The van der Waals surface area contributed by atoms with Gasteiger partial charge in [-0.2, -0.15) is 4.31 Å². The molecule has 1 heterocycles. The summed E-state index contributed by atoms with van der Waals surface area (Å²) in [5.41, 5.74) is 1.42. The molecule has 1 saturated heterocycles. The molecule has 1 aliphatic rings. The third-order valence-electron chi connectivity index (χ3n) is 4.89. The molecular formula is C20H25N3O5S2. The zero-order valence-electron chi connectivity index (χ0n) is 16.9. The van der Waals surface area contributed by atoms with Crippen LogP contribution in [0.15, 0.2) is 53.4 Å². The van der Waals surface area contributed by atoms with Gasteiger partial charge in [0.1, 0.15) is 6.54 Å². The number of carbonyl (C=O) groups is 1. The minimum Gasteiger partial charge on any atom is -0.324 e. The Hall–Kier alpha value is -2.43. The molecule has 10 heteroatoms. The zero-order chi connectivity index (χ0) is 21.9. The van der Waals surface area contributed by atoms with Gasteiger partial charge < -0.3 is 5.32 Å². The SMILES string of the molecule is Cc1ccccc1N(CC(=O)Nc1cccc(S(=O)(=O)N2CCCC2)c1)S(C)(=O)=O. The maximum Gasteiger partial charge on any atom is 0.245 e. The summed E-state index contributed by atoms with van der Waals surface area (Å²) >= 11 is 0. The van der Waals surface area contributed by atoms with E-state index in [4.69, 9.17) is 0 Å². The summed E-state index contributed by atoms with van der Waals surface area (Å²) in [6.45, 7) is 2.31. The van der Waals surface area contributed by atoms with Crippen molar-refractivity contribution in [1.29, 1.82) is 0 Å². The Morgan fingerprint density at radius 1 is 1.03 bits per heavy atom. The number of nitrogens with one attached hydrogen (secondary N) is 1. The van der Waals surface area contributed by atoms with Gasteiger partial charge in [-0.25, -0.2) is 16.8 Å². The number of benzene rings is 2. The maximum absolute atomic E-state index is 12.7. The first-order valence-electron chi connectivity index (χ1n) is 9.52. The standard InChI is InChI=1S/C20H25N3O5S2/c1-16-8-3-4-11-19(16)23(29(2,25)26)15-20(24)21-17-9-7-10-18(14-17)30(27,28)22-12-5-6-13-22/h3-4,7-11,14H,5-6,12-13,15H2,1-2H3,(H,21,24). The molecule has 0 atom stereocenters. The summed E-state index contributed by atoms with van der Waals surface area (Å²) in [4.78, 5) is 12.7. The lowest BCUT2D eigenvalue weighted by Crippen LogP contribution is -2.37. The van der Waals surface area contributed by atoms with E-state index in [0.717, 1.165) is 29.0 Å². The molecule has 0 aromatic heterocycles. The molecule has 1 amide bonds. The van der Waals surface area contributed by atoms with Crippen molar-refractivity contribution in [2.75, 3.05) is 35.5 Å². The minimum atomic E-state index is -3.70. The summed E-state index contributed by atoms with van der Waals surface area (Å²) in [5.74, 6) is -0.570. The zero-order valence-corrected chi connectivity index (χ0v) is 18.5. The molecule has 0 bridgehead atoms. The highest BCUT2D eigenvalue weighted by Gasteiger charge is 2.27. The van der Waals surface area contributed by atoms with Crippen molar-refractivity contribution in [3.8, 4) is 0 Å². The van der Waals surface area contributed by atoms with E-state index < -0.39 is 32.5 Å². The fourth-order valence-corrected chi connectivity index (χ4v) is 5.84. The van der Waals surface area contributed by atoms with E-state index in [-0.39, 0.29) is 4.90 Å². The first-order chi connectivity index (χ1) is 14.1. The predicted octanol–water partition coefficient (Wildman–Crippen LogP) is 2.18. The largest absolute Gasteiger partial charge is 0.324 e. The quantitative estimate of drug-likeness (QED) is 0.695. The lowest BCUT2D eigenvalue weighted by atomic mass is 10.2. The Morgan fingerprint density at radius 2 is 1.70 bits per heavy atom. The Labute approximate surface area is 177 Å². The van der Waals surface area contributed by atoms with Gasteiger partial charge in [-0.3, -0.25) is 9.10 Å². The lowest BCUT2D eigenvalue weighted by molar-refractivity contribution is -0.114. The number of amides is 1. The van der Waals surface area contributed by atoms with Gasteiger partial charge in [-0.15, -0.1) is 0 Å². The minimum absolute atomic E-state index is 0.0982. The molecule has 30 heavy (non-hydrogen) atoms. The number of carbonyl (C=O) groups excluding carboxylic acids is 1. The third-order valence-corrected chi connectivity index (χ3v) is 7.91. The van der Waals surface area contributed by atoms with Crippen LogP contribution in [0.2, 0.25) is 0 Å². The molecule has 1 aliphatic heterocycles. The monoisotopic (exact) mass is 451 g/mol. The number of hydrogen-bond acceptors (Lipinski definition) is 5. The van der Waals surface area contributed by atoms with Crippen LogP contribution in [0.25, 0.3) is 0 Å². The van der Waals surface area contributed by atoms with Crippen molar-refractivity contribution >= 4 is 37.3 Å². The van der Waals surface area contributed by atoms with E-state index in [1.54, 1.807) is 43.3 Å². The molecule has 2 aromatic rings. The van der Waals surface area contributed by atoms with Crippen LogP contribution in [0.4, 0.5) is 11.4 Å². The second-order valence-electron chi connectivity index (χ2n) is 7.24. The van der Waals surface area contributed by atoms with Gasteiger partial charge in [0, 0.05) is 18.8 Å². The van der Waals surface area contributed by atoms with Crippen LogP contribution < -0.4 is 9.62 Å². The summed E-state index contributed by atoms with van der Waals surface area (Å²) in [6, 6.07) is 12.9. The van der Waals surface area contributed by atoms with Crippen LogP contribution in [-0.2, 0) is 24.8 Å². The van der Waals surface area contributed by atoms with E-state index in [1.165, 1.54) is 16.4 Å². The summed E-state index contributed by atoms with van der Waals surface area (Å²) in [5, 5.41) is 2.61. The molecule has 162 valence electrons. The molecule has 8 nitrogen and oxygen atoms in total. The van der Waals surface area contributed by atoms with E-state index in [1.807, 2.05) is 0 Å². The first kappa shape index (κ1) is 22.3. The van der Waals surface area contributed by atoms with Crippen LogP contribution in [0.5, 0.6) is 0 Å². The van der Waals surface area contributed by atoms with Gasteiger partial charge in [-0.1, -0.05) is 24.3 Å². The molecule has 0 saturated carbocycles. The van der Waals surface area contributed by atoms with Crippen molar-refractivity contribution < 1.29 is 21.6 Å². The molecule has 1 fully saturated rings. The van der Waals surface area contributed by atoms with Crippen molar-refractivity contribution in [2.45, 2.75) is 24.7 Å². The fourth-order valence-electron chi connectivity index (χ4n) is 3.37. The molecule has 0 radical (unpaired) electrons. The Kier molecular flexibility index (Phi) is 6.49. The molecule has 1 N–H and O–H groups in total. The molecular weight excluding hydrogens is 426 g/mol. The Morgan fingerprint density at radius 3 is 2.33 bits per heavy atom. The average molecular weight is 452 g/mol. The molecule has 3 rings (SSSR count). The second-order valence-corrected chi connectivity index (χ2v) is 11.1. The predicted molar refractivity (Wildman–Crippen MR) is 116 cm³/mol. The van der Waals surface area contributed by atoms with Crippen molar-refractivity contribution in [3.05, 3.63) is 54.1 Å². The van der Waals surface area contributed by atoms with Gasteiger partial charge in [0.25, 0.3) is 0 Å². The third kappa shape index (κ3) is 5.00. The van der Waals surface area contributed by atoms with E-state index in [2.05, 4.69) is 5.32 Å². The van der Waals surface area contributed by atoms with Gasteiger partial charge in [0.2, 0.25) is 26.0 Å². The highest BCUT2D eigenvalue weighted by Crippen LogP contribution is 2.24. The topological polar surface area (TPSA) is 104 Å². The summed E-state index contributed by atoms with van der Waals surface area (Å²) in [6.07, 6.45) is 2.70. The van der Waals surface area contributed by atoms with Crippen LogP contribution >= 0.6 is 0 Å². The van der Waals surface area contributed by atoms with Gasteiger partial charge >= 0.3 is 0 Å². The molecule has 0 unspecified atom stereocenters. The Bertz CT molecular complexity index is 1140. The van der Waals surface area contributed by atoms with Gasteiger partial charge in [0.15, 0.2) is 0 Å². The first-order valence-corrected chi connectivity index (χ1v) is 12.8. The van der Waals surface area contributed by atoms with E-state index in [0.29, 0.717) is 24.5 Å². The maximum atomic E-state index is 12.7. The number of rotatable bonds is 7. The normalized spacial score (nSPS) is 15.1. The number of nitrogens with zero attached hydrogens (tertiary/aromatic N) is 2. The number of hydrogen-bond donors (Lipinski definition) is 1. The number of anilines is 2. The average Bonchev–Trinajstić information content (AvgIpc) is 3.22. The van der Waals surface area contributed by atoms with Crippen molar-refractivity contribution in [1.82, 2.24) is 4.31 Å². The van der Waals surface area contributed by atoms with Crippen LogP contribution in [-0.4, -0.2) is 52.9 Å². The van der Waals surface area contributed by atoms with Crippen LogP contribution in [0.1, 0.15) is 18.4 Å². The van der Waals surface area contributed by atoms with Gasteiger partial charge in [0.05, 0.1) is 16.8 Å². The highest BCUT2D eigenvalue weighted by atomic mass is 32.2. The number of sulfonamides is 2. The lowest BCUT2D eigenvalue weighted by Gasteiger charge is -2.23. The van der Waals surface area contributed by atoms with Crippen LogP contribution in [0, 0.1) is 6.92 Å². The second kappa shape index (κ2) is 8.75.